The Morgan fingerprint density at radius 1 is 0.417 bits per heavy atom. The predicted molar refractivity (Wildman–Crippen MR) is 245 cm³/mol. The van der Waals surface area contributed by atoms with Gasteiger partial charge in [0.25, 0.3) is 0 Å². The Morgan fingerprint density at radius 3 is 1.33 bits per heavy atom. The summed E-state index contributed by atoms with van der Waals surface area (Å²) in [6, 6.07) is 64.6. The average molecular weight is 767 g/mol. The van der Waals surface area contributed by atoms with E-state index in [0.29, 0.717) is 11.3 Å². The minimum Gasteiger partial charge on any atom is -0.456 e. The molecule has 10 aromatic carbocycles. The Morgan fingerprint density at radius 2 is 0.850 bits per heavy atom. The number of para-hydroxylation sites is 2. The van der Waals surface area contributed by atoms with Gasteiger partial charge in [-0.05, 0) is 119 Å². The van der Waals surface area contributed by atoms with Crippen LogP contribution in [0, 0.1) is 17.9 Å². The number of hydrogen-bond acceptors (Lipinski definition) is 5. The molecule has 0 unspecified atom stereocenters. The average Bonchev–Trinajstić information content (AvgIpc) is 3.87. The van der Waals surface area contributed by atoms with Crippen molar-refractivity contribution in [3.8, 4) is 6.07 Å². The molecule has 2 heterocycles. The van der Waals surface area contributed by atoms with Crippen LogP contribution in [-0.4, -0.2) is 0 Å². The minimum atomic E-state index is 0.588. The summed E-state index contributed by atoms with van der Waals surface area (Å²) in [7, 11) is 0. The van der Waals surface area contributed by atoms with Gasteiger partial charge in [-0.15, -0.1) is 0 Å². The van der Waals surface area contributed by atoms with Gasteiger partial charge in [0.1, 0.15) is 22.3 Å². The quantitative estimate of drug-likeness (QED) is 0.125. The van der Waals surface area contributed by atoms with Crippen LogP contribution in [0.5, 0.6) is 0 Å². The summed E-state index contributed by atoms with van der Waals surface area (Å²) < 4.78 is 12.5. The predicted octanol–water partition coefficient (Wildman–Crippen LogP) is 15.7. The molecule has 0 aliphatic carbocycles. The lowest BCUT2D eigenvalue weighted by molar-refractivity contribution is 0.668. The first kappa shape index (κ1) is 33.5. The number of nitriles is 1. The van der Waals surface area contributed by atoms with E-state index in [9.17, 15) is 5.26 Å². The zero-order valence-corrected chi connectivity index (χ0v) is 31.9. The van der Waals surface area contributed by atoms with E-state index in [0.717, 1.165) is 110 Å². The summed E-state index contributed by atoms with van der Waals surface area (Å²) in [5.74, 6) is 0. The highest BCUT2D eigenvalue weighted by atomic mass is 16.3. The van der Waals surface area contributed by atoms with E-state index in [1.54, 1.807) is 0 Å². The normalized spacial score (nSPS) is 11.6. The molecule has 0 radical (unpaired) electrons. The zero-order valence-electron chi connectivity index (χ0n) is 31.9. The van der Waals surface area contributed by atoms with E-state index in [1.165, 1.54) is 0 Å². The molecule has 0 aliphatic rings. The summed E-state index contributed by atoms with van der Waals surface area (Å²) in [5, 5.41) is 20.7. The van der Waals surface area contributed by atoms with Crippen LogP contribution in [0.3, 0.4) is 0 Å². The van der Waals surface area contributed by atoms with Crippen molar-refractivity contribution in [1.82, 2.24) is 0 Å². The number of rotatable bonds is 6. The molecule has 0 spiro atoms. The topological polar surface area (TPSA) is 60.9 Å². The van der Waals surface area contributed by atoms with Crippen molar-refractivity contribution in [1.29, 1.82) is 5.26 Å². The first-order chi connectivity index (χ1) is 29.6. The fourth-order valence-corrected chi connectivity index (χ4v) is 9.08. The van der Waals surface area contributed by atoms with E-state index in [4.69, 9.17) is 15.4 Å². The van der Waals surface area contributed by atoms with Gasteiger partial charge in [0.2, 0.25) is 0 Å². The maximum absolute atomic E-state index is 9.71. The molecule has 0 fully saturated rings. The van der Waals surface area contributed by atoms with Crippen molar-refractivity contribution < 1.29 is 8.83 Å². The molecule has 0 aliphatic heterocycles. The largest absolute Gasteiger partial charge is 0.456 e. The second kappa shape index (κ2) is 13.0. The van der Waals surface area contributed by atoms with Gasteiger partial charge >= 0.3 is 0 Å². The number of nitrogens with zero attached hydrogens (tertiary/aromatic N) is 4. The maximum atomic E-state index is 9.71. The molecular formula is C54H30N4O2. The van der Waals surface area contributed by atoms with E-state index < -0.39 is 0 Å². The highest BCUT2D eigenvalue weighted by Gasteiger charge is 2.23. The molecule has 6 nitrogen and oxygen atoms in total. The van der Waals surface area contributed by atoms with Crippen molar-refractivity contribution in [2.75, 3.05) is 9.80 Å². The van der Waals surface area contributed by atoms with E-state index in [2.05, 4.69) is 112 Å². The minimum absolute atomic E-state index is 0.588. The lowest BCUT2D eigenvalue weighted by Crippen LogP contribution is -2.11. The van der Waals surface area contributed by atoms with Crippen LogP contribution in [0.25, 0.3) is 81.0 Å². The van der Waals surface area contributed by atoms with Crippen molar-refractivity contribution in [3.05, 3.63) is 199 Å². The number of anilines is 6. The van der Waals surface area contributed by atoms with Gasteiger partial charge in [-0.1, -0.05) is 84.9 Å². The fourth-order valence-electron chi connectivity index (χ4n) is 9.08. The third kappa shape index (κ3) is 5.05. The van der Waals surface area contributed by atoms with Crippen LogP contribution in [-0.2, 0) is 0 Å². The smallest absolute Gasteiger partial charge is 0.187 e. The number of benzene rings is 10. The Kier molecular flexibility index (Phi) is 7.26. The van der Waals surface area contributed by atoms with Crippen LogP contribution in [0.15, 0.2) is 191 Å². The maximum Gasteiger partial charge on any atom is 0.187 e. The van der Waals surface area contributed by atoms with Gasteiger partial charge in [0.15, 0.2) is 5.69 Å². The van der Waals surface area contributed by atoms with Gasteiger partial charge in [0, 0.05) is 55.1 Å². The zero-order chi connectivity index (χ0) is 39.9. The van der Waals surface area contributed by atoms with Crippen LogP contribution in [0.1, 0.15) is 5.56 Å². The summed E-state index contributed by atoms with van der Waals surface area (Å²) >= 11 is 0. The van der Waals surface area contributed by atoms with Crippen molar-refractivity contribution in [2.24, 2.45) is 0 Å². The van der Waals surface area contributed by atoms with Crippen molar-refractivity contribution >= 4 is 116 Å². The molecule has 12 aromatic rings. The molecule has 278 valence electrons. The number of furan rings is 2. The first-order valence-electron chi connectivity index (χ1n) is 19.7. The fraction of sp³-hybridized carbons (Fsp3) is 0. The summed E-state index contributed by atoms with van der Waals surface area (Å²) in [5.41, 5.74) is 10.4. The van der Waals surface area contributed by atoms with Crippen LogP contribution < -0.4 is 9.80 Å². The molecule has 60 heavy (non-hydrogen) atoms. The highest BCUT2D eigenvalue weighted by Crippen LogP contribution is 2.48. The van der Waals surface area contributed by atoms with Gasteiger partial charge in [-0.3, -0.25) is 0 Å². The monoisotopic (exact) mass is 766 g/mol. The van der Waals surface area contributed by atoms with Gasteiger partial charge in [-0.25, -0.2) is 4.85 Å². The number of hydrogen-bond donors (Lipinski definition) is 0. The molecule has 0 amide bonds. The third-order valence-corrected chi connectivity index (χ3v) is 11.8. The van der Waals surface area contributed by atoms with E-state index in [1.807, 2.05) is 91.0 Å². The Hall–Kier alpha value is -8.58. The highest BCUT2D eigenvalue weighted by molar-refractivity contribution is 6.28. The Balaban J connectivity index is 1.10. The molecule has 0 atom stereocenters. The molecule has 0 saturated carbocycles. The second-order valence-corrected chi connectivity index (χ2v) is 15.1. The summed E-state index contributed by atoms with van der Waals surface area (Å²) in [6.07, 6.45) is 0. The van der Waals surface area contributed by atoms with Crippen LogP contribution in [0.2, 0.25) is 0 Å². The molecule has 0 N–H and O–H groups in total. The van der Waals surface area contributed by atoms with E-state index in [-0.39, 0.29) is 0 Å². The molecule has 6 heteroatoms. The third-order valence-electron chi connectivity index (χ3n) is 11.8. The lowest BCUT2D eigenvalue weighted by Gasteiger charge is -2.29. The lowest BCUT2D eigenvalue weighted by atomic mass is 9.91. The summed E-state index contributed by atoms with van der Waals surface area (Å²) in [4.78, 5) is 8.26. The standard InChI is InChI=1S/C54H30N4O2/c1-56-36-16-20-38(21-17-36)58(40-23-29-52-46(31-40)42-7-3-5-9-50(42)60-52)48-27-15-35-12-24-43-47(26-14-34-13-25-44(48)54(35)53(34)43)57(37-18-10-33(32-55)11-19-37)39-22-28-51-45(30-39)41-6-2-4-8-49(41)59-51/h2-31H. The van der Waals surface area contributed by atoms with Crippen LogP contribution in [0.4, 0.5) is 39.8 Å². The molecular weight excluding hydrogens is 737 g/mol. The van der Waals surface area contributed by atoms with Crippen LogP contribution >= 0.6 is 0 Å². The van der Waals surface area contributed by atoms with Gasteiger partial charge in [-0.2, -0.15) is 5.26 Å². The van der Waals surface area contributed by atoms with Gasteiger partial charge < -0.3 is 18.6 Å². The molecule has 12 rings (SSSR count). The van der Waals surface area contributed by atoms with Crippen molar-refractivity contribution in [3.63, 3.8) is 0 Å². The molecule has 2 aromatic heterocycles. The van der Waals surface area contributed by atoms with E-state index >= 15 is 0 Å². The SMILES string of the molecule is [C-]#[N+]c1ccc(N(c2ccc3oc4ccccc4c3c2)c2ccc3ccc4c(N(c5ccc(C#N)cc5)c5ccc6oc7ccccc7c6c5)ccc5ccc2c3c54)cc1. The summed E-state index contributed by atoms with van der Waals surface area (Å²) in [6.45, 7) is 7.64. The van der Waals surface area contributed by atoms with Gasteiger partial charge in [0.05, 0.1) is 29.6 Å². The Bertz CT molecular complexity index is 3500. The number of fused-ring (bicyclic) bond motifs is 6. The first-order valence-corrected chi connectivity index (χ1v) is 19.7. The molecule has 0 saturated heterocycles. The Labute approximate surface area is 343 Å². The molecule has 0 bridgehead atoms. The second-order valence-electron chi connectivity index (χ2n) is 15.1. The van der Waals surface area contributed by atoms with Crippen molar-refractivity contribution in [2.45, 2.75) is 0 Å².